The van der Waals surface area contributed by atoms with Gasteiger partial charge in [-0.3, -0.25) is 9.59 Å². The molecule has 2 aliphatic rings. The number of carboxylic acid groups (broad SMARTS) is 1. The molecule has 6 nitrogen and oxygen atoms in total. The number of carbonyl (C=O) groups is 2. The molecular weight excluding hydrogens is 384 g/mol. The average molecular weight is 427 g/mol. The number of aliphatic carboxylic acids is 1. The summed E-state index contributed by atoms with van der Waals surface area (Å²) in [7, 11) is 0. The number of hydrogen-bond donors (Lipinski definition) is 1. The predicted molar refractivity (Wildman–Crippen MR) is 115 cm³/mol. The van der Waals surface area contributed by atoms with Crippen LogP contribution in [0.2, 0.25) is 0 Å². The van der Waals surface area contributed by atoms with E-state index in [1.807, 2.05) is 0 Å². The molecule has 1 spiro atoms. The smallest absolute Gasteiger partial charge is 0.303 e. The molecule has 0 amide bonds. The van der Waals surface area contributed by atoms with Crippen molar-refractivity contribution in [1.82, 2.24) is 0 Å². The Balaban J connectivity index is 1.85. The highest BCUT2D eigenvalue weighted by Crippen LogP contribution is 2.50. The maximum absolute atomic E-state index is 11.5. The van der Waals surface area contributed by atoms with Crippen LogP contribution >= 0.6 is 0 Å². The lowest BCUT2D eigenvalue weighted by Crippen LogP contribution is -2.37. The normalized spacial score (nSPS) is 23.7. The predicted octanol–water partition coefficient (Wildman–Crippen LogP) is 5.47. The highest BCUT2D eigenvalue weighted by atomic mass is 16.7. The van der Waals surface area contributed by atoms with Crippen LogP contribution in [0.25, 0.3) is 0 Å². The summed E-state index contributed by atoms with van der Waals surface area (Å²) in [5.41, 5.74) is 0. The minimum absolute atomic E-state index is 0.0210. The maximum Gasteiger partial charge on any atom is 0.303 e. The van der Waals surface area contributed by atoms with Crippen molar-refractivity contribution in [2.24, 2.45) is 11.8 Å². The zero-order valence-corrected chi connectivity index (χ0v) is 19.0. The van der Waals surface area contributed by atoms with Gasteiger partial charge in [0.1, 0.15) is 6.10 Å². The van der Waals surface area contributed by atoms with E-state index in [1.165, 1.54) is 19.8 Å². The Bertz CT molecular complexity index is 514. The lowest BCUT2D eigenvalue weighted by molar-refractivity contribution is -0.188. The van der Waals surface area contributed by atoms with Gasteiger partial charge in [0.05, 0.1) is 13.2 Å². The van der Waals surface area contributed by atoms with Crippen molar-refractivity contribution in [2.75, 3.05) is 13.2 Å². The van der Waals surface area contributed by atoms with E-state index in [9.17, 15) is 9.59 Å². The van der Waals surface area contributed by atoms with Crippen molar-refractivity contribution in [3.05, 3.63) is 0 Å². The molecule has 1 saturated heterocycles. The van der Waals surface area contributed by atoms with E-state index in [0.29, 0.717) is 25.0 Å². The molecule has 1 saturated carbocycles. The first-order valence-electron chi connectivity index (χ1n) is 12.1. The summed E-state index contributed by atoms with van der Waals surface area (Å²) >= 11 is 0. The maximum atomic E-state index is 11.5. The van der Waals surface area contributed by atoms with Crippen LogP contribution in [-0.2, 0) is 23.8 Å². The van der Waals surface area contributed by atoms with Gasteiger partial charge in [-0.05, 0) is 50.9 Å². The molecule has 0 aromatic rings. The van der Waals surface area contributed by atoms with Gasteiger partial charge in [-0.25, -0.2) is 0 Å². The van der Waals surface area contributed by atoms with Crippen LogP contribution in [0.3, 0.4) is 0 Å². The zero-order valence-electron chi connectivity index (χ0n) is 19.0. The van der Waals surface area contributed by atoms with Gasteiger partial charge in [0, 0.05) is 25.7 Å². The molecule has 1 aliphatic carbocycles. The summed E-state index contributed by atoms with van der Waals surface area (Å²) < 4.78 is 17.8. The summed E-state index contributed by atoms with van der Waals surface area (Å²) in [5, 5.41) is 8.78. The monoisotopic (exact) mass is 426 g/mol. The molecule has 0 radical (unpaired) electrons. The fraction of sp³-hybridized carbons (Fsp3) is 0.917. The third kappa shape index (κ3) is 8.18. The number of hydrogen-bond acceptors (Lipinski definition) is 5. The zero-order chi connectivity index (χ0) is 21.8. The van der Waals surface area contributed by atoms with Crippen LogP contribution in [0.15, 0.2) is 0 Å². The average Bonchev–Trinajstić information content (AvgIpc) is 3.30. The lowest BCUT2D eigenvalue weighted by Gasteiger charge is -2.33. The largest absolute Gasteiger partial charge is 0.481 e. The molecule has 1 aliphatic heterocycles. The van der Waals surface area contributed by atoms with E-state index in [4.69, 9.17) is 19.3 Å². The molecule has 2 rings (SSSR count). The number of rotatable bonds is 15. The molecular formula is C24H42O6. The number of carbonyl (C=O) groups excluding carboxylic acids is 1. The summed E-state index contributed by atoms with van der Waals surface area (Å²) in [6.07, 6.45) is 13.6. The first kappa shape index (κ1) is 25.1. The first-order valence-corrected chi connectivity index (χ1v) is 12.1. The second kappa shape index (κ2) is 13.3. The summed E-state index contributed by atoms with van der Waals surface area (Å²) in [5.74, 6) is -0.386. The first-order chi connectivity index (χ1) is 14.5. The second-order valence-electron chi connectivity index (χ2n) is 9.07. The van der Waals surface area contributed by atoms with Gasteiger partial charge in [-0.2, -0.15) is 0 Å². The van der Waals surface area contributed by atoms with Crippen molar-refractivity contribution in [2.45, 2.75) is 116 Å². The van der Waals surface area contributed by atoms with Gasteiger partial charge < -0.3 is 19.3 Å². The van der Waals surface area contributed by atoms with Crippen LogP contribution in [0.5, 0.6) is 0 Å². The number of ether oxygens (including phenoxy) is 3. The fourth-order valence-corrected chi connectivity index (χ4v) is 5.28. The quantitative estimate of drug-likeness (QED) is 0.276. The van der Waals surface area contributed by atoms with Gasteiger partial charge in [0.2, 0.25) is 0 Å². The Kier molecular flexibility index (Phi) is 11.1. The molecule has 0 aromatic carbocycles. The minimum Gasteiger partial charge on any atom is -0.481 e. The summed E-state index contributed by atoms with van der Waals surface area (Å²) in [6.45, 7) is 5.04. The molecule has 0 bridgehead atoms. The minimum atomic E-state index is -0.709. The Morgan fingerprint density at radius 3 is 2.43 bits per heavy atom. The number of esters is 1. The number of unbranched alkanes of at least 4 members (excludes halogenated alkanes) is 5. The SMILES string of the molecule is CCCCC[C@@H](CC[C@H]1CCC2(OCCO2)[C@@H]1CCCCCCC(=O)O)OC(C)=O. The molecule has 174 valence electrons. The molecule has 0 unspecified atom stereocenters. The molecule has 6 heteroatoms. The van der Waals surface area contributed by atoms with E-state index < -0.39 is 11.8 Å². The highest BCUT2D eigenvalue weighted by molar-refractivity contribution is 5.66. The summed E-state index contributed by atoms with van der Waals surface area (Å²) in [6, 6.07) is 0. The molecule has 30 heavy (non-hydrogen) atoms. The molecule has 0 aromatic heterocycles. The molecule has 1 heterocycles. The molecule has 1 N–H and O–H groups in total. The summed E-state index contributed by atoms with van der Waals surface area (Å²) in [4.78, 5) is 22.2. The van der Waals surface area contributed by atoms with Gasteiger partial charge in [-0.15, -0.1) is 0 Å². The van der Waals surface area contributed by atoms with E-state index in [2.05, 4.69) is 6.92 Å². The van der Waals surface area contributed by atoms with Crippen LogP contribution in [0, 0.1) is 11.8 Å². The second-order valence-corrected chi connectivity index (χ2v) is 9.07. The number of carboxylic acids is 1. The van der Waals surface area contributed by atoms with Crippen LogP contribution in [-0.4, -0.2) is 42.1 Å². The van der Waals surface area contributed by atoms with Crippen molar-refractivity contribution in [1.29, 1.82) is 0 Å². The third-order valence-corrected chi connectivity index (χ3v) is 6.75. The van der Waals surface area contributed by atoms with Crippen molar-refractivity contribution in [3.8, 4) is 0 Å². The lowest BCUT2D eigenvalue weighted by atomic mass is 9.84. The molecule has 2 fully saturated rings. The van der Waals surface area contributed by atoms with E-state index in [1.54, 1.807) is 0 Å². The van der Waals surface area contributed by atoms with Gasteiger partial charge >= 0.3 is 11.9 Å². The van der Waals surface area contributed by atoms with E-state index in [-0.39, 0.29) is 18.5 Å². The topological polar surface area (TPSA) is 82.1 Å². The van der Waals surface area contributed by atoms with E-state index >= 15 is 0 Å². The Morgan fingerprint density at radius 1 is 1.03 bits per heavy atom. The van der Waals surface area contributed by atoms with Gasteiger partial charge in [-0.1, -0.05) is 39.0 Å². The van der Waals surface area contributed by atoms with Gasteiger partial charge in [0.15, 0.2) is 5.79 Å². The van der Waals surface area contributed by atoms with Crippen LogP contribution in [0.4, 0.5) is 0 Å². The Morgan fingerprint density at radius 2 is 1.77 bits per heavy atom. The van der Waals surface area contributed by atoms with Crippen LogP contribution < -0.4 is 0 Å². The third-order valence-electron chi connectivity index (χ3n) is 6.75. The van der Waals surface area contributed by atoms with Crippen molar-refractivity contribution < 1.29 is 28.9 Å². The van der Waals surface area contributed by atoms with Crippen molar-refractivity contribution >= 4 is 11.9 Å². The van der Waals surface area contributed by atoms with Crippen LogP contribution in [0.1, 0.15) is 104 Å². The molecule has 3 atom stereocenters. The fourth-order valence-electron chi connectivity index (χ4n) is 5.28. The Hall–Kier alpha value is -1.14. The highest BCUT2D eigenvalue weighted by Gasteiger charge is 2.51. The standard InChI is InChI=1S/C24H42O6/c1-3-4-7-10-21(30-19(2)25)14-13-20-15-16-24(28-17-18-29-24)22(20)11-8-5-6-9-12-23(26)27/h20-22H,3-18H2,1-2H3,(H,26,27)/t20-,21-,22+/m0/s1. The Labute approximate surface area is 182 Å². The van der Waals surface area contributed by atoms with E-state index in [0.717, 1.165) is 70.6 Å². The van der Waals surface area contributed by atoms with Gasteiger partial charge in [0.25, 0.3) is 0 Å². The van der Waals surface area contributed by atoms with Crippen molar-refractivity contribution in [3.63, 3.8) is 0 Å².